The van der Waals surface area contributed by atoms with Gasteiger partial charge in [-0.15, -0.1) is 0 Å². The Morgan fingerprint density at radius 1 is 1.15 bits per heavy atom. The van der Waals surface area contributed by atoms with E-state index in [2.05, 4.69) is 26.6 Å². The van der Waals surface area contributed by atoms with Crippen LogP contribution in [0.15, 0.2) is 34.8 Å². The zero-order valence-electron chi connectivity index (χ0n) is 15.6. The lowest BCUT2D eigenvalue weighted by atomic mass is 10.2. The second-order valence-corrected chi connectivity index (χ2v) is 7.26. The molecule has 0 aromatic heterocycles. The fourth-order valence-electron chi connectivity index (χ4n) is 2.54. The van der Waals surface area contributed by atoms with Crippen LogP contribution in [0.3, 0.4) is 0 Å². The van der Waals surface area contributed by atoms with Crippen molar-refractivity contribution in [3.05, 3.63) is 56.8 Å². The molecule has 27 heavy (non-hydrogen) atoms. The first-order valence-corrected chi connectivity index (χ1v) is 10.1. The summed E-state index contributed by atoms with van der Waals surface area (Å²) in [4.78, 5) is 0. The molecule has 2 aromatic rings. The topological polar surface area (TPSA) is 42.5 Å². The van der Waals surface area contributed by atoms with Crippen molar-refractivity contribution in [2.45, 2.75) is 26.5 Å². The van der Waals surface area contributed by atoms with Gasteiger partial charge < -0.3 is 20.1 Å². The largest absolute Gasteiger partial charge is 0.490 e. The van der Waals surface area contributed by atoms with Gasteiger partial charge in [-0.25, -0.2) is 4.39 Å². The molecule has 148 valence electrons. The van der Waals surface area contributed by atoms with Crippen molar-refractivity contribution in [2.75, 3.05) is 26.7 Å². The molecule has 0 fully saturated rings. The molecule has 0 saturated carbocycles. The van der Waals surface area contributed by atoms with Gasteiger partial charge in [-0.3, -0.25) is 0 Å². The number of nitrogens with one attached hydrogen (secondary N) is 2. The summed E-state index contributed by atoms with van der Waals surface area (Å²) in [6, 6.07) is 8.25. The molecule has 0 saturated heterocycles. The van der Waals surface area contributed by atoms with Gasteiger partial charge in [0.15, 0.2) is 11.5 Å². The summed E-state index contributed by atoms with van der Waals surface area (Å²) < 4.78 is 25.7. The standard InChI is InChI=1S/C20H25BrClFN2O2/c1-3-26-19-10-14(12-25-8-4-7-24-2)9-17(21)20(19)27-13-15-5-6-16(23)11-18(15)22/h5-6,9-11,24-25H,3-4,7-8,12-13H2,1-2H3. The minimum atomic E-state index is -0.369. The van der Waals surface area contributed by atoms with Gasteiger partial charge >= 0.3 is 0 Å². The minimum Gasteiger partial charge on any atom is -0.490 e. The van der Waals surface area contributed by atoms with Crippen LogP contribution in [0, 0.1) is 5.82 Å². The Morgan fingerprint density at radius 3 is 2.67 bits per heavy atom. The van der Waals surface area contributed by atoms with E-state index in [1.807, 2.05) is 26.1 Å². The number of rotatable bonds is 11. The Morgan fingerprint density at radius 2 is 1.96 bits per heavy atom. The summed E-state index contributed by atoms with van der Waals surface area (Å²) in [5.41, 5.74) is 1.81. The zero-order valence-corrected chi connectivity index (χ0v) is 17.9. The highest BCUT2D eigenvalue weighted by Gasteiger charge is 2.13. The maximum absolute atomic E-state index is 13.2. The average Bonchev–Trinajstić information content (AvgIpc) is 2.62. The van der Waals surface area contributed by atoms with Crippen molar-refractivity contribution in [3.63, 3.8) is 0 Å². The van der Waals surface area contributed by atoms with Crippen molar-refractivity contribution >= 4 is 27.5 Å². The molecule has 2 N–H and O–H groups in total. The number of ether oxygens (including phenoxy) is 2. The summed E-state index contributed by atoms with van der Waals surface area (Å²) in [6.45, 7) is 5.34. The van der Waals surface area contributed by atoms with Gasteiger partial charge in [0, 0.05) is 12.1 Å². The second-order valence-electron chi connectivity index (χ2n) is 6.00. The molecule has 2 aromatic carbocycles. The summed E-state index contributed by atoms with van der Waals surface area (Å²) in [5.74, 6) is 0.903. The maximum Gasteiger partial charge on any atom is 0.175 e. The third-order valence-electron chi connectivity index (χ3n) is 3.87. The molecule has 0 amide bonds. The van der Waals surface area contributed by atoms with Gasteiger partial charge in [-0.2, -0.15) is 0 Å². The molecule has 0 spiro atoms. The van der Waals surface area contributed by atoms with E-state index in [0.29, 0.717) is 28.7 Å². The first-order chi connectivity index (χ1) is 13.0. The van der Waals surface area contributed by atoms with E-state index >= 15 is 0 Å². The lowest BCUT2D eigenvalue weighted by Crippen LogP contribution is -2.19. The van der Waals surface area contributed by atoms with Gasteiger partial charge in [0.05, 0.1) is 16.1 Å². The van der Waals surface area contributed by atoms with E-state index in [1.54, 1.807) is 6.07 Å². The number of hydrogen-bond donors (Lipinski definition) is 2. The summed E-state index contributed by atoms with van der Waals surface area (Å²) in [7, 11) is 1.95. The van der Waals surface area contributed by atoms with Gasteiger partial charge in [0.2, 0.25) is 0 Å². The summed E-state index contributed by atoms with van der Waals surface area (Å²) in [5, 5.41) is 6.88. The smallest absolute Gasteiger partial charge is 0.175 e. The minimum absolute atomic E-state index is 0.222. The summed E-state index contributed by atoms with van der Waals surface area (Å²) in [6.07, 6.45) is 1.07. The molecule has 0 unspecified atom stereocenters. The predicted molar refractivity (Wildman–Crippen MR) is 111 cm³/mol. The first kappa shape index (κ1) is 22.0. The van der Waals surface area contributed by atoms with Crippen LogP contribution < -0.4 is 20.1 Å². The van der Waals surface area contributed by atoms with Crippen LogP contribution in [0.1, 0.15) is 24.5 Å². The summed E-state index contributed by atoms with van der Waals surface area (Å²) >= 11 is 9.65. The molecule has 0 heterocycles. The molecular weight excluding hydrogens is 435 g/mol. The Bertz CT molecular complexity index is 746. The van der Waals surface area contributed by atoms with Crippen molar-refractivity contribution in [3.8, 4) is 11.5 Å². The number of halogens is 3. The molecule has 2 rings (SSSR count). The quantitative estimate of drug-likeness (QED) is 0.468. The van der Waals surface area contributed by atoms with Crippen molar-refractivity contribution in [1.29, 1.82) is 0 Å². The highest BCUT2D eigenvalue weighted by molar-refractivity contribution is 9.10. The van der Waals surface area contributed by atoms with Gasteiger partial charge in [-0.05, 0) is 79.2 Å². The Balaban J connectivity index is 2.08. The van der Waals surface area contributed by atoms with Crippen LogP contribution in [-0.2, 0) is 13.2 Å². The van der Waals surface area contributed by atoms with E-state index in [-0.39, 0.29) is 12.4 Å². The second kappa shape index (κ2) is 11.5. The van der Waals surface area contributed by atoms with E-state index in [0.717, 1.165) is 36.1 Å². The van der Waals surface area contributed by atoms with Gasteiger partial charge in [0.1, 0.15) is 12.4 Å². The monoisotopic (exact) mass is 458 g/mol. The van der Waals surface area contributed by atoms with E-state index < -0.39 is 0 Å². The molecule has 4 nitrogen and oxygen atoms in total. The number of benzene rings is 2. The third-order valence-corrected chi connectivity index (χ3v) is 4.81. The highest BCUT2D eigenvalue weighted by Crippen LogP contribution is 2.37. The lowest BCUT2D eigenvalue weighted by molar-refractivity contribution is 0.267. The predicted octanol–water partition coefficient (Wildman–Crippen LogP) is 4.92. The highest BCUT2D eigenvalue weighted by atomic mass is 79.9. The Hall–Kier alpha value is -1.34. The van der Waals surface area contributed by atoms with E-state index in [9.17, 15) is 4.39 Å². The molecular formula is C20H25BrClFN2O2. The molecule has 0 aliphatic carbocycles. The molecule has 0 bridgehead atoms. The molecule has 0 radical (unpaired) electrons. The van der Waals surface area contributed by atoms with Crippen molar-refractivity contribution in [2.24, 2.45) is 0 Å². The normalized spacial score (nSPS) is 10.9. The van der Waals surface area contributed by atoms with Crippen molar-refractivity contribution in [1.82, 2.24) is 10.6 Å². The third kappa shape index (κ3) is 6.96. The lowest BCUT2D eigenvalue weighted by Gasteiger charge is -2.16. The Labute approximate surface area is 173 Å². The van der Waals surface area contributed by atoms with E-state index in [4.69, 9.17) is 21.1 Å². The number of hydrogen-bond acceptors (Lipinski definition) is 4. The Kier molecular flexibility index (Phi) is 9.34. The van der Waals surface area contributed by atoms with Crippen LogP contribution in [0.2, 0.25) is 5.02 Å². The van der Waals surface area contributed by atoms with Crippen LogP contribution >= 0.6 is 27.5 Å². The zero-order chi connectivity index (χ0) is 19.6. The molecule has 7 heteroatoms. The van der Waals surface area contributed by atoms with Crippen molar-refractivity contribution < 1.29 is 13.9 Å². The van der Waals surface area contributed by atoms with Crippen LogP contribution in [0.25, 0.3) is 0 Å². The molecule has 0 atom stereocenters. The maximum atomic E-state index is 13.2. The fourth-order valence-corrected chi connectivity index (χ4v) is 3.36. The van der Waals surface area contributed by atoms with Crippen LogP contribution in [0.4, 0.5) is 4.39 Å². The molecule has 0 aliphatic heterocycles. The van der Waals surface area contributed by atoms with Crippen LogP contribution in [-0.4, -0.2) is 26.7 Å². The van der Waals surface area contributed by atoms with E-state index in [1.165, 1.54) is 12.1 Å². The SMILES string of the molecule is CCOc1cc(CNCCCNC)cc(Br)c1OCc1ccc(F)cc1Cl. The average molecular weight is 460 g/mol. The van der Waals surface area contributed by atoms with Gasteiger partial charge in [0.25, 0.3) is 0 Å². The molecule has 0 aliphatic rings. The first-order valence-electron chi connectivity index (χ1n) is 8.92. The van der Waals surface area contributed by atoms with Crippen LogP contribution in [0.5, 0.6) is 11.5 Å². The fraction of sp³-hybridized carbons (Fsp3) is 0.400. The van der Waals surface area contributed by atoms with Gasteiger partial charge in [-0.1, -0.05) is 17.7 Å².